The van der Waals surface area contributed by atoms with E-state index in [1.807, 2.05) is 0 Å². The quantitative estimate of drug-likeness (QED) is 0.622. The van der Waals surface area contributed by atoms with Crippen LogP contribution in [0.25, 0.3) is 0 Å². The van der Waals surface area contributed by atoms with Crippen molar-refractivity contribution in [3.8, 4) is 0 Å². The number of ether oxygens (including phenoxy) is 2. The van der Waals surface area contributed by atoms with E-state index in [2.05, 4.69) is 39.4 Å². The van der Waals surface area contributed by atoms with Crippen molar-refractivity contribution in [2.45, 2.75) is 31.3 Å². The molecule has 0 amide bonds. The van der Waals surface area contributed by atoms with Gasteiger partial charge in [-0.05, 0) is 28.3 Å². The number of rotatable bonds is 6. The highest BCUT2D eigenvalue weighted by Crippen LogP contribution is 2.23. The molecule has 0 aliphatic carbocycles. The highest BCUT2D eigenvalue weighted by Gasteiger charge is 2.32. The number of methoxy groups -OCH3 is 1. The second-order valence-corrected chi connectivity index (χ2v) is 6.54. The smallest absolute Gasteiger partial charge is 0.191 e. The van der Waals surface area contributed by atoms with E-state index < -0.39 is 0 Å². The van der Waals surface area contributed by atoms with Crippen molar-refractivity contribution in [3.63, 3.8) is 0 Å². The van der Waals surface area contributed by atoms with Gasteiger partial charge in [-0.1, -0.05) is 6.92 Å². The van der Waals surface area contributed by atoms with E-state index in [9.17, 15) is 0 Å². The Labute approximate surface area is 137 Å². The van der Waals surface area contributed by atoms with Crippen LogP contribution in [0.15, 0.2) is 21.8 Å². The van der Waals surface area contributed by atoms with Gasteiger partial charge in [0.2, 0.25) is 0 Å². The van der Waals surface area contributed by atoms with Crippen molar-refractivity contribution in [2.75, 3.05) is 40.5 Å². The van der Waals surface area contributed by atoms with Gasteiger partial charge in [0.15, 0.2) is 5.96 Å². The van der Waals surface area contributed by atoms with Gasteiger partial charge < -0.3 is 20.1 Å². The van der Waals surface area contributed by atoms with Gasteiger partial charge >= 0.3 is 0 Å². The predicted molar refractivity (Wildman–Crippen MR) is 91.9 cm³/mol. The number of nitrogens with zero attached hydrogens (tertiary/aromatic N) is 1. The van der Waals surface area contributed by atoms with Gasteiger partial charge in [0, 0.05) is 53.3 Å². The number of thiophene rings is 1. The van der Waals surface area contributed by atoms with Crippen molar-refractivity contribution in [1.82, 2.24) is 10.6 Å². The minimum Gasteiger partial charge on any atom is -0.381 e. The summed E-state index contributed by atoms with van der Waals surface area (Å²) in [6.45, 7) is 5.35. The molecule has 1 aromatic heterocycles. The Morgan fingerprint density at radius 2 is 2.23 bits per heavy atom. The molecular formula is C16H27N3O2S. The average Bonchev–Trinajstić information content (AvgIpc) is 3.10. The van der Waals surface area contributed by atoms with E-state index in [0.29, 0.717) is 5.92 Å². The molecule has 2 N–H and O–H groups in total. The van der Waals surface area contributed by atoms with Crippen LogP contribution in [0.3, 0.4) is 0 Å². The van der Waals surface area contributed by atoms with Crippen LogP contribution in [0.2, 0.25) is 0 Å². The molecule has 1 aliphatic heterocycles. The Morgan fingerprint density at radius 1 is 1.45 bits per heavy atom. The van der Waals surface area contributed by atoms with E-state index in [-0.39, 0.29) is 5.60 Å². The maximum absolute atomic E-state index is 5.73. The lowest BCUT2D eigenvalue weighted by molar-refractivity contribution is -0.0855. The van der Waals surface area contributed by atoms with Gasteiger partial charge in [0.1, 0.15) is 0 Å². The summed E-state index contributed by atoms with van der Waals surface area (Å²) in [5.41, 5.74) is 1.22. The van der Waals surface area contributed by atoms with Gasteiger partial charge in [0.25, 0.3) is 0 Å². The van der Waals surface area contributed by atoms with Crippen molar-refractivity contribution in [2.24, 2.45) is 4.99 Å². The molecule has 5 nitrogen and oxygen atoms in total. The van der Waals surface area contributed by atoms with Crippen LogP contribution in [0.4, 0.5) is 0 Å². The molecule has 2 heterocycles. The van der Waals surface area contributed by atoms with Gasteiger partial charge in [-0.3, -0.25) is 4.99 Å². The lowest BCUT2D eigenvalue weighted by Crippen LogP contribution is -2.51. The van der Waals surface area contributed by atoms with Crippen LogP contribution < -0.4 is 10.6 Å². The summed E-state index contributed by atoms with van der Waals surface area (Å²) in [5, 5.41) is 11.1. The van der Waals surface area contributed by atoms with Gasteiger partial charge in [-0.25, -0.2) is 0 Å². The van der Waals surface area contributed by atoms with Crippen LogP contribution >= 0.6 is 11.3 Å². The Bertz CT molecular complexity index is 456. The second-order valence-electron chi connectivity index (χ2n) is 5.76. The second kappa shape index (κ2) is 8.50. The topological polar surface area (TPSA) is 54.9 Å². The number of nitrogens with one attached hydrogen (secondary N) is 2. The summed E-state index contributed by atoms with van der Waals surface area (Å²) >= 11 is 1.74. The lowest BCUT2D eigenvalue weighted by atomic mass is 9.94. The molecule has 124 valence electrons. The van der Waals surface area contributed by atoms with Gasteiger partial charge in [-0.15, -0.1) is 0 Å². The van der Waals surface area contributed by atoms with E-state index in [1.165, 1.54) is 5.56 Å². The zero-order valence-corrected chi connectivity index (χ0v) is 14.5. The summed E-state index contributed by atoms with van der Waals surface area (Å²) in [7, 11) is 3.58. The predicted octanol–water partition coefficient (Wildman–Crippen LogP) is 2.21. The lowest BCUT2D eigenvalue weighted by Gasteiger charge is -2.36. The number of guanidine groups is 1. The SMILES string of the molecule is CN=C(NCC(C)c1ccsc1)NCC1(OC)CCOCC1. The van der Waals surface area contributed by atoms with Gasteiger partial charge in [-0.2, -0.15) is 11.3 Å². The van der Waals surface area contributed by atoms with Crippen molar-refractivity contribution < 1.29 is 9.47 Å². The molecule has 1 fully saturated rings. The van der Waals surface area contributed by atoms with E-state index >= 15 is 0 Å². The van der Waals surface area contributed by atoms with Crippen LogP contribution in [-0.4, -0.2) is 52.0 Å². The fourth-order valence-electron chi connectivity index (χ4n) is 2.58. The molecule has 1 atom stereocenters. The third-order valence-corrected chi connectivity index (χ3v) is 5.03. The number of hydrogen-bond donors (Lipinski definition) is 2. The fraction of sp³-hybridized carbons (Fsp3) is 0.688. The summed E-state index contributed by atoms with van der Waals surface area (Å²) in [4.78, 5) is 4.30. The normalized spacial score (nSPS) is 19.7. The molecule has 6 heteroatoms. The molecule has 0 aromatic carbocycles. The van der Waals surface area contributed by atoms with Crippen molar-refractivity contribution in [1.29, 1.82) is 0 Å². The third-order valence-electron chi connectivity index (χ3n) is 4.33. The van der Waals surface area contributed by atoms with Crippen molar-refractivity contribution in [3.05, 3.63) is 22.4 Å². The molecule has 22 heavy (non-hydrogen) atoms. The largest absolute Gasteiger partial charge is 0.381 e. The van der Waals surface area contributed by atoms with Crippen LogP contribution in [0, 0.1) is 0 Å². The maximum Gasteiger partial charge on any atom is 0.191 e. The Balaban J connectivity index is 1.79. The van der Waals surface area contributed by atoms with Crippen molar-refractivity contribution >= 4 is 17.3 Å². The molecular weight excluding hydrogens is 298 g/mol. The van der Waals surface area contributed by atoms with E-state index in [1.54, 1.807) is 25.5 Å². The van der Waals surface area contributed by atoms with Crippen LogP contribution in [-0.2, 0) is 9.47 Å². The molecule has 1 unspecified atom stereocenters. The van der Waals surface area contributed by atoms with Crippen LogP contribution in [0.5, 0.6) is 0 Å². The van der Waals surface area contributed by atoms with Gasteiger partial charge in [0.05, 0.1) is 5.60 Å². The maximum atomic E-state index is 5.73. The molecule has 2 rings (SSSR count). The Kier molecular flexibility index (Phi) is 6.67. The van der Waals surface area contributed by atoms with Crippen LogP contribution in [0.1, 0.15) is 31.2 Å². The first-order chi connectivity index (χ1) is 10.7. The molecule has 0 saturated carbocycles. The zero-order chi connectivity index (χ0) is 15.8. The number of aliphatic imine (C=N–C) groups is 1. The zero-order valence-electron chi connectivity index (χ0n) is 13.7. The van der Waals surface area contributed by atoms with E-state index in [0.717, 1.165) is 45.1 Å². The highest BCUT2D eigenvalue weighted by atomic mass is 32.1. The monoisotopic (exact) mass is 325 g/mol. The minimum absolute atomic E-state index is 0.144. The minimum atomic E-state index is -0.144. The first-order valence-corrected chi connectivity index (χ1v) is 8.73. The van der Waals surface area contributed by atoms with E-state index in [4.69, 9.17) is 9.47 Å². The Morgan fingerprint density at radius 3 is 2.82 bits per heavy atom. The molecule has 1 aromatic rings. The summed E-state index contributed by atoms with van der Waals surface area (Å²) in [6, 6.07) is 2.18. The summed E-state index contributed by atoms with van der Waals surface area (Å²) < 4.78 is 11.2. The third kappa shape index (κ3) is 4.69. The standard InChI is InChI=1S/C16H27N3O2S/c1-13(14-4-9-22-11-14)10-18-15(17-2)19-12-16(20-3)5-7-21-8-6-16/h4,9,11,13H,5-8,10,12H2,1-3H3,(H2,17,18,19). The summed E-state index contributed by atoms with van der Waals surface area (Å²) in [5.74, 6) is 1.29. The highest BCUT2D eigenvalue weighted by molar-refractivity contribution is 7.07. The number of hydrogen-bond acceptors (Lipinski definition) is 4. The molecule has 0 spiro atoms. The molecule has 0 bridgehead atoms. The summed E-state index contributed by atoms with van der Waals surface area (Å²) in [6.07, 6.45) is 1.83. The first kappa shape index (κ1) is 17.2. The first-order valence-electron chi connectivity index (χ1n) is 7.78. The molecule has 1 aliphatic rings. The Hall–Kier alpha value is -1.11. The molecule has 1 saturated heterocycles. The fourth-order valence-corrected chi connectivity index (χ4v) is 3.37. The average molecular weight is 325 g/mol. The molecule has 0 radical (unpaired) electrons.